The standard InChI is InChI=1S/C15H11FN2/c16-11-6-8-14-17-15-12-4-2-1-3-10(12)5-7-13(15)18(14)9-11/h1-4,6,8-9H,5,7H2. The number of hydrogen-bond acceptors (Lipinski definition) is 1. The lowest BCUT2D eigenvalue weighted by Crippen LogP contribution is -2.05. The van der Waals surface area contributed by atoms with Gasteiger partial charge in [0.05, 0.1) is 11.4 Å². The van der Waals surface area contributed by atoms with E-state index in [0.717, 1.165) is 29.9 Å². The Kier molecular flexibility index (Phi) is 1.87. The van der Waals surface area contributed by atoms with Crippen LogP contribution in [0.15, 0.2) is 42.6 Å². The lowest BCUT2D eigenvalue weighted by Gasteiger charge is -2.15. The van der Waals surface area contributed by atoms with Gasteiger partial charge in [-0.3, -0.25) is 0 Å². The third kappa shape index (κ3) is 1.24. The summed E-state index contributed by atoms with van der Waals surface area (Å²) in [5.41, 5.74) is 5.44. The van der Waals surface area contributed by atoms with Crippen molar-refractivity contribution < 1.29 is 4.39 Å². The molecule has 0 saturated heterocycles. The van der Waals surface area contributed by atoms with Crippen molar-refractivity contribution in [3.05, 3.63) is 59.7 Å². The van der Waals surface area contributed by atoms with Gasteiger partial charge in [0.15, 0.2) is 0 Å². The van der Waals surface area contributed by atoms with Gasteiger partial charge in [-0.05, 0) is 30.5 Å². The Balaban J connectivity index is 2.08. The maximum atomic E-state index is 13.3. The number of aryl methyl sites for hydroxylation is 2. The Morgan fingerprint density at radius 1 is 1.06 bits per heavy atom. The second-order valence-corrected chi connectivity index (χ2v) is 4.64. The predicted octanol–water partition coefficient (Wildman–Crippen LogP) is 3.24. The summed E-state index contributed by atoms with van der Waals surface area (Å²) in [7, 11) is 0. The van der Waals surface area contributed by atoms with E-state index < -0.39 is 0 Å². The Morgan fingerprint density at radius 3 is 2.89 bits per heavy atom. The molecule has 0 unspecified atom stereocenters. The van der Waals surface area contributed by atoms with Crippen molar-refractivity contribution in [3.8, 4) is 11.3 Å². The van der Waals surface area contributed by atoms with E-state index in [4.69, 9.17) is 0 Å². The lowest BCUT2D eigenvalue weighted by molar-refractivity contribution is 0.617. The van der Waals surface area contributed by atoms with Gasteiger partial charge in [-0.25, -0.2) is 9.37 Å². The van der Waals surface area contributed by atoms with Crippen molar-refractivity contribution in [2.75, 3.05) is 0 Å². The van der Waals surface area contributed by atoms with Gasteiger partial charge in [-0.15, -0.1) is 0 Å². The molecule has 4 rings (SSSR count). The SMILES string of the molecule is Fc1ccc2nc3c(n2c1)CCc1ccccc1-3. The monoisotopic (exact) mass is 238 g/mol. The molecule has 1 aromatic carbocycles. The van der Waals surface area contributed by atoms with E-state index in [1.54, 1.807) is 6.07 Å². The van der Waals surface area contributed by atoms with Gasteiger partial charge in [0.1, 0.15) is 11.5 Å². The summed E-state index contributed by atoms with van der Waals surface area (Å²) >= 11 is 0. The van der Waals surface area contributed by atoms with Crippen molar-refractivity contribution in [3.63, 3.8) is 0 Å². The fourth-order valence-electron chi connectivity index (χ4n) is 2.74. The fourth-order valence-corrected chi connectivity index (χ4v) is 2.74. The first-order valence-electron chi connectivity index (χ1n) is 6.08. The first-order valence-corrected chi connectivity index (χ1v) is 6.08. The molecule has 0 bridgehead atoms. The first kappa shape index (κ1) is 9.83. The van der Waals surface area contributed by atoms with E-state index in [1.807, 2.05) is 10.5 Å². The molecule has 88 valence electrons. The van der Waals surface area contributed by atoms with Gasteiger partial charge in [-0.2, -0.15) is 0 Å². The molecule has 1 aliphatic carbocycles. The summed E-state index contributed by atoms with van der Waals surface area (Å²) in [6.07, 6.45) is 3.43. The third-order valence-corrected chi connectivity index (χ3v) is 3.58. The number of benzene rings is 1. The minimum absolute atomic E-state index is 0.221. The topological polar surface area (TPSA) is 17.3 Å². The van der Waals surface area contributed by atoms with E-state index in [9.17, 15) is 4.39 Å². The molecule has 0 spiro atoms. The number of halogens is 1. The summed E-state index contributed by atoms with van der Waals surface area (Å²) < 4.78 is 15.2. The van der Waals surface area contributed by atoms with Crippen molar-refractivity contribution >= 4 is 5.65 Å². The molecule has 3 heteroatoms. The molecular weight excluding hydrogens is 227 g/mol. The molecule has 0 saturated carbocycles. The summed E-state index contributed by atoms with van der Waals surface area (Å²) in [4.78, 5) is 4.63. The number of aromatic nitrogens is 2. The molecule has 0 fully saturated rings. The molecule has 18 heavy (non-hydrogen) atoms. The Morgan fingerprint density at radius 2 is 1.94 bits per heavy atom. The van der Waals surface area contributed by atoms with Crippen molar-refractivity contribution in [1.29, 1.82) is 0 Å². The minimum Gasteiger partial charge on any atom is -0.300 e. The van der Waals surface area contributed by atoms with Gasteiger partial charge in [-0.1, -0.05) is 24.3 Å². The van der Waals surface area contributed by atoms with Crippen molar-refractivity contribution in [2.24, 2.45) is 0 Å². The number of rotatable bonds is 0. The van der Waals surface area contributed by atoms with Gasteiger partial charge in [0, 0.05) is 11.8 Å². The summed E-state index contributed by atoms with van der Waals surface area (Å²) in [6.45, 7) is 0. The van der Waals surface area contributed by atoms with E-state index in [2.05, 4.69) is 23.2 Å². The molecule has 0 aliphatic heterocycles. The number of pyridine rings is 1. The predicted molar refractivity (Wildman–Crippen MR) is 68.0 cm³/mol. The maximum Gasteiger partial charge on any atom is 0.139 e. The number of imidazole rings is 1. The summed E-state index contributed by atoms with van der Waals surface area (Å²) in [6, 6.07) is 11.5. The van der Waals surface area contributed by atoms with Gasteiger partial charge >= 0.3 is 0 Å². The second-order valence-electron chi connectivity index (χ2n) is 4.64. The van der Waals surface area contributed by atoms with Crippen LogP contribution in [0.25, 0.3) is 16.9 Å². The maximum absolute atomic E-state index is 13.3. The van der Waals surface area contributed by atoms with Crippen LogP contribution in [0.2, 0.25) is 0 Å². The van der Waals surface area contributed by atoms with E-state index in [0.29, 0.717) is 0 Å². The Bertz CT molecular complexity index is 758. The van der Waals surface area contributed by atoms with Crippen LogP contribution < -0.4 is 0 Å². The quantitative estimate of drug-likeness (QED) is 0.587. The van der Waals surface area contributed by atoms with E-state index >= 15 is 0 Å². The number of hydrogen-bond donors (Lipinski definition) is 0. The van der Waals surface area contributed by atoms with Crippen LogP contribution in [-0.2, 0) is 12.8 Å². The van der Waals surface area contributed by atoms with Crippen LogP contribution in [0.3, 0.4) is 0 Å². The van der Waals surface area contributed by atoms with Crippen molar-refractivity contribution in [2.45, 2.75) is 12.8 Å². The smallest absolute Gasteiger partial charge is 0.139 e. The molecule has 0 radical (unpaired) electrons. The van der Waals surface area contributed by atoms with Crippen LogP contribution in [0.5, 0.6) is 0 Å². The molecule has 2 aromatic heterocycles. The highest BCUT2D eigenvalue weighted by Gasteiger charge is 2.20. The molecule has 0 atom stereocenters. The molecule has 1 aliphatic rings. The zero-order valence-electron chi connectivity index (χ0n) is 9.73. The zero-order chi connectivity index (χ0) is 12.1. The summed E-state index contributed by atoms with van der Waals surface area (Å²) in [5.74, 6) is -0.221. The number of nitrogens with zero attached hydrogens (tertiary/aromatic N) is 2. The average molecular weight is 238 g/mol. The highest BCUT2D eigenvalue weighted by atomic mass is 19.1. The van der Waals surface area contributed by atoms with Crippen LogP contribution in [-0.4, -0.2) is 9.38 Å². The highest BCUT2D eigenvalue weighted by molar-refractivity contribution is 5.71. The lowest BCUT2D eigenvalue weighted by atomic mass is 9.92. The minimum atomic E-state index is -0.221. The van der Waals surface area contributed by atoms with E-state index in [1.165, 1.54) is 23.4 Å². The molecule has 3 aromatic rings. The van der Waals surface area contributed by atoms with Gasteiger partial charge in [0.25, 0.3) is 0 Å². The van der Waals surface area contributed by atoms with Crippen LogP contribution in [0.4, 0.5) is 4.39 Å². The largest absolute Gasteiger partial charge is 0.300 e. The molecule has 0 amide bonds. The first-order chi connectivity index (χ1) is 8.83. The molecule has 2 heterocycles. The summed E-state index contributed by atoms with van der Waals surface area (Å²) in [5, 5.41) is 0. The Labute approximate surface area is 104 Å². The van der Waals surface area contributed by atoms with E-state index in [-0.39, 0.29) is 5.82 Å². The average Bonchev–Trinajstić information content (AvgIpc) is 2.77. The Hall–Kier alpha value is -2.16. The zero-order valence-corrected chi connectivity index (χ0v) is 9.73. The second kappa shape index (κ2) is 3.42. The fraction of sp³-hybridized carbons (Fsp3) is 0.133. The van der Waals surface area contributed by atoms with Crippen LogP contribution >= 0.6 is 0 Å². The van der Waals surface area contributed by atoms with Crippen LogP contribution in [0, 0.1) is 5.82 Å². The third-order valence-electron chi connectivity index (χ3n) is 3.58. The molecule has 2 nitrogen and oxygen atoms in total. The highest BCUT2D eigenvalue weighted by Crippen LogP contribution is 2.33. The number of fused-ring (bicyclic) bond motifs is 5. The molecular formula is C15H11FN2. The van der Waals surface area contributed by atoms with Gasteiger partial charge < -0.3 is 4.40 Å². The van der Waals surface area contributed by atoms with Gasteiger partial charge in [0.2, 0.25) is 0 Å². The van der Waals surface area contributed by atoms with Crippen LogP contribution in [0.1, 0.15) is 11.3 Å². The normalized spacial score (nSPS) is 13.4. The molecule has 0 N–H and O–H groups in total. The van der Waals surface area contributed by atoms with Crippen molar-refractivity contribution in [1.82, 2.24) is 9.38 Å².